The first kappa shape index (κ1) is 22.2. The van der Waals surface area contributed by atoms with E-state index in [-0.39, 0.29) is 23.5 Å². The van der Waals surface area contributed by atoms with E-state index in [2.05, 4.69) is 26.6 Å². The number of thioether (sulfide) groups is 1. The van der Waals surface area contributed by atoms with Crippen LogP contribution in [0.5, 0.6) is 0 Å². The van der Waals surface area contributed by atoms with Crippen LogP contribution < -0.4 is 10.6 Å². The van der Waals surface area contributed by atoms with E-state index in [1.807, 2.05) is 24.3 Å². The summed E-state index contributed by atoms with van der Waals surface area (Å²) in [5.41, 5.74) is 2.20. The number of ketones is 1. The van der Waals surface area contributed by atoms with Gasteiger partial charge in [0.15, 0.2) is 10.9 Å². The third kappa shape index (κ3) is 5.78. The maximum absolute atomic E-state index is 12.6. The number of carbonyl (C=O) groups excluding carboxylic acids is 3. The predicted octanol–water partition coefficient (Wildman–Crippen LogP) is 4.67. The smallest absolute Gasteiger partial charge is 0.293 e. The highest BCUT2D eigenvalue weighted by Crippen LogP contribution is 2.32. The average Bonchev–Trinajstić information content (AvgIpc) is 2.95. The van der Waals surface area contributed by atoms with Crippen molar-refractivity contribution in [1.82, 2.24) is 10.2 Å². The van der Waals surface area contributed by atoms with Gasteiger partial charge in [-0.2, -0.15) is 0 Å². The van der Waals surface area contributed by atoms with Crippen molar-refractivity contribution in [1.29, 1.82) is 0 Å². The second kappa shape index (κ2) is 10.0. The lowest BCUT2D eigenvalue weighted by Crippen LogP contribution is -2.38. The molecule has 0 bridgehead atoms. The van der Waals surface area contributed by atoms with Crippen LogP contribution in [-0.4, -0.2) is 40.0 Å². The van der Waals surface area contributed by atoms with Crippen molar-refractivity contribution >= 4 is 73.7 Å². The number of nitrogens with one attached hydrogen (secondary N) is 2. The van der Waals surface area contributed by atoms with Gasteiger partial charge in [-0.15, -0.1) is 0 Å². The zero-order valence-corrected chi connectivity index (χ0v) is 19.2. The molecular formula is C21H18BrN3O3S2. The van der Waals surface area contributed by atoms with Gasteiger partial charge in [-0.3, -0.25) is 19.3 Å². The summed E-state index contributed by atoms with van der Waals surface area (Å²) in [5.74, 6) is -0.320. The van der Waals surface area contributed by atoms with Crippen LogP contribution in [0.15, 0.2) is 57.9 Å². The molecule has 2 amide bonds. The van der Waals surface area contributed by atoms with Crippen molar-refractivity contribution in [3.8, 4) is 0 Å². The van der Waals surface area contributed by atoms with Gasteiger partial charge in [0.25, 0.3) is 11.1 Å². The number of imide groups is 1. The van der Waals surface area contributed by atoms with E-state index in [0.29, 0.717) is 22.1 Å². The number of nitrogens with zero attached hydrogens (tertiary/aromatic N) is 1. The molecular weight excluding hydrogens is 486 g/mol. The molecule has 0 spiro atoms. The molecule has 1 saturated heterocycles. The lowest BCUT2D eigenvalue weighted by atomic mass is 10.1. The summed E-state index contributed by atoms with van der Waals surface area (Å²) in [4.78, 5) is 37.7. The monoisotopic (exact) mass is 503 g/mol. The Balaban J connectivity index is 1.51. The molecule has 2 aromatic rings. The van der Waals surface area contributed by atoms with Crippen molar-refractivity contribution in [2.45, 2.75) is 6.92 Å². The molecule has 0 aromatic heterocycles. The van der Waals surface area contributed by atoms with Crippen molar-refractivity contribution in [3.63, 3.8) is 0 Å². The number of hydrogen-bond donors (Lipinski definition) is 2. The van der Waals surface area contributed by atoms with E-state index < -0.39 is 0 Å². The number of halogens is 1. The van der Waals surface area contributed by atoms with Gasteiger partial charge in [0, 0.05) is 28.8 Å². The Morgan fingerprint density at radius 1 is 1.20 bits per heavy atom. The number of amides is 2. The molecule has 0 saturated carbocycles. The minimum absolute atomic E-state index is 0.00612. The van der Waals surface area contributed by atoms with Gasteiger partial charge in [0.1, 0.15) is 0 Å². The van der Waals surface area contributed by atoms with E-state index in [1.165, 1.54) is 11.8 Å². The SMILES string of the molecule is CC(=O)c1ccc(NC(=S)NCCN2C(=O)S/C(=C\c3cccc(Br)c3)C2=O)cc1. The Morgan fingerprint density at radius 2 is 1.93 bits per heavy atom. The van der Waals surface area contributed by atoms with Gasteiger partial charge in [-0.1, -0.05) is 28.1 Å². The number of carbonyl (C=O) groups is 3. The number of rotatable bonds is 6. The summed E-state index contributed by atoms with van der Waals surface area (Å²) in [6.45, 7) is 2.03. The number of hydrogen-bond acceptors (Lipinski definition) is 5. The predicted molar refractivity (Wildman–Crippen MR) is 127 cm³/mol. The molecule has 154 valence electrons. The summed E-state index contributed by atoms with van der Waals surface area (Å²) < 4.78 is 0.900. The Hall–Kier alpha value is -2.49. The minimum Gasteiger partial charge on any atom is -0.361 e. The summed E-state index contributed by atoms with van der Waals surface area (Å²) in [6.07, 6.45) is 1.71. The van der Waals surface area contributed by atoms with Gasteiger partial charge >= 0.3 is 0 Å². The van der Waals surface area contributed by atoms with Gasteiger partial charge < -0.3 is 10.6 Å². The molecule has 2 N–H and O–H groups in total. The van der Waals surface area contributed by atoms with Gasteiger partial charge in [0.2, 0.25) is 0 Å². The second-order valence-electron chi connectivity index (χ2n) is 6.40. The van der Waals surface area contributed by atoms with Crippen LogP contribution in [0.4, 0.5) is 10.5 Å². The molecule has 0 aliphatic carbocycles. The lowest BCUT2D eigenvalue weighted by molar-refractivity contribution is -0.122. The normalized spacial score (nSPS) is 14.9. The minimum atomic E-state index is -0.314. The van der Waals surface area contributed by atoms with E-state index in [4.69, 9.17) is 12.2 Å². The molecule has 2 aromatic carbocycles. The van der Waals surface area contributed by atoms with Crippen molar-refractivity contribution < 1.29 is 14.4 Å². The number of anilines is 1. The highest BCUT2D eigenvalue weighted by molar-refractivity contribution is 9.10. The number of Topliss-reactive ketones (excluding diaryl/α,β-unsaturated/α-hetero) is 1. The fraction of sp³-hybridized carbons (Fsp3) is 0.143. The van der Waals surface area contributed by atoms with Crippen LogP contribution in [0.1, 0.15) is 22.8 Å². The van der Waals surface area contributed by atoms with E-state index in [0.717, 1.165) is 27.5 Å². The first-order valence-corrected chi connectivity index (χ1v) is 11.0. The van der Waals surface area contributed by atoms with Crippen LogP contribution in [-0.2, 0) is 4.79 Å². The fourth-order valence-corrected chi connectivity index (χ4v) is 4.19. The summed E-state index contributed by atoms with van der Waals surface area (Å²) in [7, 11) is 0. The Bertz CT molecular complexity index is 1040. The third-order valence-electron chi connectivity index (χ3n) is 4.19. The van der Waals surface area contributed by atoms with Crippen LogP contribution >= 0.6 is 39.9 Å². The van der Waals surface area contributed by atoms with Crippen molar-refractivity contribution in [2.24, 2.45) is 0 Å². The molecule has 1 aliphatic heterocycles. The highest BCUT2D eigenvalue weighted by Gasteiger charge is 2.34. The topological polar surface area (TPSA) is 78.5 Å². The van der Waals surface area contributed by atoms with Gasteiger partial charge in [-0.05, 0) is 78.9 Å². The Morgan fingerprint density at radius 3 is 2.60 bits per heavy atom. The largest absolute Gasteiger partial charge is 0.361 e. The molecule has 3 rings (SSSR count). The second-order valence-corrected chi connectivity index (χ2v) is 8.72. The molecule has 0 unspecified atom stereocenters. The first-order valence-electron chi connectivity index (χ1n) is 9.00. The van der Waals surface area contributed by atoms with Crippen LogP contribution in [0.25, 0.3) is 6.08 Å². The van der Waals surface area contributed by atoms with Gasteiger partial charge in [0.05, 0.1) is 4.91 Å². The van der Waals surface area contributed by atoms with Crippen LogP contribution in [0, 0.1) is 0 Å². The Kier molecular flexibility index (Phi) is 7.41. The molecule has 1 aliphatic rings. The zero-order valence-electron chi connectivity index (χ0n) is 16.0. The quantitative estimate of drug-likeness (QED) is 0.336. The number of thiocarbonyl (C=S) groups is 1. The summed E-state index contributed by atoms with van der Waals surface area (Å²) >= 11 is 9.56. The Labute approximate surface area is 192 Å². The molecule has 1 heterocycles. The van der Waals surface area contributed by atoms with Crippen LogP contribution in [0.2, 0.25) is 0 Å². The van der Waals surface area contributed by atoms with Crippen molar-refractivity contribution in [2.75, 3.05) is 18.4 Å². The van der Waals surface area contributed by atoms with E-state index >= 15 is 0 Å². The molecule has 0 atom stereocenters. The average molecular weight is 504 g/mol. The standard InChI is InChI=1S/C21H18BrN3O3S2/c1-13(26)15-5-7-17(8-6-15)24-20(29)23-9-10-25-19(27)18(30-21(25)28)12-14-3-2-4-16(22)11-14/h2-8,11-12H,9-10H2,1H3,(H2,23,24,29)/b18-12-. The molecule has 30 heavy (non-hydrogen) atoms. The summed E-state index contributed by atoms with van der Waals surface area (Å²) in [6, 6.07) is 14.4. The third-order valence-corrected chi connectivity index (χ3v) is 5.84. The maximum Gasteiger partial charge on any atom is 0.293 e. The van der Waals surface area contributed by atoms with Crippen molar-refractivity contribution in [3.05, 3.63) is 69.0 Å². The lowest BCUT2D eigenvalue weighted by Gasteiger charge is -2.15. The first-order chi connectivity index (χ1) is 14.3. The van der Waals surface area contributed by atoms with E-state index in [9.17, 15) is 14.4 Å². The zero-order chi connectivity index (χ0) is 21.7. The van der Waals surface area contributed by atoms with E-state index in [1.54, 1.807) is 30.3 Å². The maximum atomic E-state index is 12.6. The number of benzene rings is 2. The molecule has 0 radical (unpaired) electrons. The fourth-order valence-electron chi connectivity index (χ4n) is 2.69. The van der Waals surface area contributed by atoms with Gasteiger partial charge in [-0.25, -0.2) is 0 Å². The van der Waals surface area contributed by atoms with Crippen LogP contribution in [0.3, 0.4) is 0 Å². The highest BCUT2D eigenvalue weighted by atomic mass is 79.9. The summed E-state index contributed by atoms with van der Waals surface area (Å²) in [5, 5.41) is 6.04. The molecule has 1 fully saturated rings. The molecule has 6 nitrogen and oxygen atoms in total. The molecule has 9 heteroatoms.